The van der Waals surface area contributed by atoms with E-state index in [0.29, 0.717) is 13.0 Å². The molecule has 3 nitrogen and oxygen atoms in total. The van der Waals surface area contributed by atoms with Crippen LogP contribution in [-0.2, 0) is 9.53 Å². The summed E-state index contributed by atoms with van der Waals surface area (Å²) >= 11 is 0. The summed E-state index contributed by atoms with van der Waals surface area (Å²) in [6, 6.07) is 0. The molecule has 3 heteroatoms. The van der Waals surface area contributed by atoms with Gasteiger partial charge in [-0.1, -0.05) is 31.8 Å². The van der Waals surface area contributed by atoms with Crippen LogP contribution in [-0.4, -0.2) is 36.1 Å². The third-order valence-electron chi connectivity index (χ3n) is 2.74. The van der Waals surface area contributed by atoms with E-state index in [2.05, 4.69) is 37.2 Å². The number of carbonyl (C=O) groups is 1. The molecule has 0 aromatic rings. The minimum Gasteiger partial charge on any atom is -0.446 e. The van der Waals surface area contributed by atoms with Gasteiger partial charge in [0.15, 0.2) is 5.60 Å². The molecular weight excluding hydrogens is 226 g/mol. The summed E-state index contributed by atoms with van der Waals surface area (Å²) in [5.74, 6) is 5.89. The van der Waals surface area contributed by atoms with Gasteiger partial charge < -0.3 is 4.74 Å². The number of carbonyl (C=O) groups excluding carboxylic acids is 1. The predicted molar refractivity (Wildman–Crippen MR) is 75.2 cm³/mol. The lowest BCUT2D eigenvalue weighted by Gasteiger charge is -2.23. The van der Waals surface area contributed by atoms with Gasteiger partial charge in [-0.15, -0.1) is 6.58 Å². The summed E-state index contributed by atoms with van der Waals surface area (Å²) in [6.45, 7) is 13.8. The van der Waals surface area contributed by atoms with Crippen molar-refractivity contribution in [2.24, 2.45) is 0 Å². The first-order valence-corrected chi connectivity index (χ1v) is 6.50. The Morgan fingerprint density at radius 2 is 2.06 bits per heavy atom. The maximum absolute atomic E-state index is 11.1. The Bertz CT molecular complexity index is 323. The third kappa shape index (κ3) is 7.13. The van der Waals surface area contributed by atoms with Gasteiger partial charge in [-0.05, 0) is 26.4 Å². The molecule has 0 rings (SSSR count). The number of hydrogen-bond donors (Lipinski definition) is 0. The largest absolute Gasteiger partial charge is 0.446 e. The van der Waals surface area contributed by atoms with Crippen LogP contribution in [0.15, 0.2) is 12.7 Å². The van der Waals surface area contributed by atoms with E-state index < -0.39 is 5.60 Å². The van der Waals surface area contributed by atoms with Gasteiger partial charge in [-0.25, -0.2) is 0 Å². The number of nitrogens with zero attached hydrogens (tertiary/aromatic N) is 1. The SMILES string of the molecule is C=CCC[C@](C)(C#CCN(CC)CC)OC(C)=O. The zero-order valence-corrected chi connectivity index (χ0v) is 12.1. The lowest BCUT2D eigenvalue weighted by atomic mass is 10.0. The van der Waals surface area contributed by atoms with Gasteiger partial charge in [-0.3, -0.25) is 9.69 Å². The molecule has 18 heavy (non-hydrogen) atoms. The van der Waals surface area contributed by atoms with Crippen LogP contribution >= 0.6 is 0 Å². The monoisotopic (exact) mass is 251 g/mol. The zero-order valence-electron chi connectivity index (χ0n) is 12.1. The molecule has 0 saturated heterocycles. The summed E-state index contributed by atoms with van der Waals surface area (Å²) in [7, 11) is 0. The summed E-state index contributed by atoms with van der Waals surface area (Å²) < 4.78 is 5.31. The van der Waals surface area contributed by atoms with Crippen LogP contribution in [0.2, 0.25) is 0 Å². The molecule has 1 atom stereocenters. The van der Waals surface area contributed by atoms with Crippen LogP contribution in [0.1, 0.15) is 40.5 Å². The molecule has 0 aromatic heterocycles. The van der Waals surface area contributed by atoms with Gasteiger partial charge in [0.05, 0.1) is 6.54 Å². The Kier molecular flexibility index (Phi) is 8.15. The third-order valence-corrected chi connectivity index (χ3v) is 2.74. The van der Waals surface area contributed by atoms with Crippen molar-refractivity contribution in [2.45, 2.75) is 46.1 Å². The molecule has 0 N–H and O–H groups in total. The van der Waals surface area contributed by atoms with E-state index >= 15 is 0 Å². The van der Waals surface area contributed by atoms with Crippen molar-refractivity contribution < 1.29 is 9.53 Å². The van der Waals surface area contributed by atoms with Crippen molar-refractivity contribution in [1.82, 2.24) is 4.90 Å². The van der Waals surface area contributed by atoms with Crippen LogP contribution < -0.4 is 0 Å². The normalized spacial score (nSPS) is 13.4. The molecule has 0 heterocycles. The zero-order chi connectivity index (χ0) is 14.0. The summed E-state index contributed by atoms with van der Waals surface area (Å²) in [6.07, 6.45) is 3.28. The quantitative estimate of drug-likeness (QED) is 0.396. The fourth-order valence-corrected chi connectivity index (χ4v) is 1.62. The maximum Gasteiger partial charge on any atom is 0.304 e. The van der Waals surface area contributed by atoms with E-state index in [1.165, 1.54) is 6.92 Å². The fraction of sp³-hybridized carbons (Fsp3) is 0.667. The first kappa shape index (κ1) is 16.7. The van der Waals surface area contributed by atoms with Crippen molar-refractivity contribution in [3.8, 4) is 11.8 Å². The minimum atomic E-state index is -0.701. The highest BCUT2D eigenvalue weighted by Gasteiger charge is 2.23. The van der Waals surface area contributed by atoms with Gasteiger partial charge in [0.2, 0.25) is 0 Å². The predicted octanol–water partition coefficient (Wildman–Crippen LogP) is 2.62. The van der Waals surface area contributed by atoms with Crippen molar-refractivity contribution in [3.63, 3.8) is 0 Å². The van der Waals surface area contributed by atoms with Crippen molar-refractivity contribution in [1.29, 1.82) is 0 Å². The number of rotatable bonds is 7. The van der Waals surface area contributed by atoms with Gasteiger partial charge in [0.1, 0.15) is 0 Å². The standard InChI is InChI=1S/C15H25NO2/c1-6-9-11-15(5,18-14(4)17)12-10-13-16(7-2)8-3/h6H,1,7-9,11,13H2,2-5H3/t15-/m1/s1. The van der Waals surface area contributed by atoms with Gasteiger partial charge in [-0.2, -0.15) is 0 Å². The van der Waals surface area contributed by atoms with E-state index in [-0.39, 0.29) is 5.97 Å². The number of ether oxygens (including phenoxy) is 1. The highest BCUT2D eigenvalue weighted by Crippen LogP contribution is 2.17. The second kappa shape index (κ2) is 8.77. The molecule has 0 bridgehead atoms. The summed E-state index contributed by atoms with van der Waals surface area (Å²) in [5, 5.41) is 0. The first-order valence-electron chi connectivity index (χ1n) is 6.50. The molecule has 0 aliphatic carbocycles. The van der Waals surface area contributed by atoms with Crippen molar-refractivity contribution in [3.05, 3.63) is 12.7 Å². The van der Waals surface area contributed by atoms with E-state index in [1.807, 2.05) is 13.0 Å². The number of allylic oxidation sites excluding steroid dienone is 1. The maximum atomic E-state index is 11.1. The van der Waals surface area contributed by atoms with Gasteiger partial charge >= 0.3 is 5.97 Å². The van der Waals surface area contributed by atoms with E-state index in [4.69, 9.17) is 4.74 Å². The Morgan fingerprint density at radius 1 is 1.44 bits per heavy atom. The fourth-order valence-electron chi connectivity index (χ4n) is 1.62. The lowest BCUT2D eigenvalue weighted by Crippen LogP contribution is -2.30. The Hall–Kier alpha value is -1.27. The molecular formula is C15H25NO2. The highest BCUT2D eigenvalue weighted by molar-refractivity contribution is 5.67. The van der Waals surface area contributed by atoms with E-state index in [9.17, 15) is 4.79 Å². The average Bonchev–Trinajstić information content (AvgIpc) is 2.31. The van der Waals surface area contributed by atoms with Crippen LogP contribution in [0.3, 0.4) is 0 Å². The summed E-state index contributed by atoms with van der Waals surface area (Å²) in [4.78, 5) is 13.3. The van der Waals surface area contributed by atoms with Crippen molar-refractivity contribution >= 4 is 5.97 Å². The second-order valence-corrected chi connectivity index (χ2v) is 4.42. The van der Waals surface area contributed by atoms with E-state index in [1.54, 1.807) is 0 Å². The second-order valence-electron chi connectivity index (χ2n) is 4.42. The van der Waals surface area contributed by atoms with Crippen LogP contribution in [0.25, 0.3) is 0 Å². The van der Waals surface area contributed by atoms with Crippen molar-refractivity contribution in [2.75, 3.05) is 19.6 Å². The minimum absolute atomic E-state index is 0.293. The van der Waals surface area contributed by atoms with Crippen LogP contribution in [0.5, 0.6) is 0 Å². The number of esters is 1. The average molecular weight is 251 g/mol. The smallest absolute Gasteiger partial charge is 0.304 e. The molecule has 0 aliphatic rings. The van der Waals surface area contributed by atoms with Crippen LogP contribution in [0, 0.1) is 11.8 Å². The molecule has 0 spiro atoms. The molecule has 102 valence electrons. The Labute approximate surface area is 111 Å². The molecule has 0 fully saturated rings. The lowest BCUT2D eigenvalue weighted by molar-refractivity contribution is -0.150. The first-order chi connectivity index (χ1) is 8.47. The van der Waals surface area contributed by atoms with Gasteiger partial charge in [0.25, 0.3) is 0 Å². The summed E-state index contributed by atoms with van der Waals surface area (Å²) in [5.41, 5.74) is -0.701. The molecule has 0 aromatic carbocycles. The highest BCUT2D eigenvalue weighted by atomic mass is 16.6. The Balaban J connectivity index is 4.61. The molecule has 0 saturated carbocycles. The number of hydrogen-bond acceptors (Lipinski definition) is 3. The molecule has 0 aliphatic heterocycles. The topological polar surface area (TPSA) is 29.5 Å². The van der Waals surface area contributed by atoms with E-state index in [0.717, 1.165) is 19.5 Å². The van der Waals surface area contributed by atoms with Crippen LogP contribution in [0.4, 0.5) is 0 Å². The molecule has 0 amide bonds. The van der Waals surface area contributed by atoms with Gasteiger partial charge in [0, 0.05) is 13.3 Å². The Morgan fingerprint density at radius 3 is 2.50 bits per heavy atom. The molecule has 0 radical (unpaired) electrons. The molecule has 0 unspecified atom stereocenters.